The van der Waals surface area contributed by atoms with E-state index in [1.807, 2.05) is 67.6 Å². The second-order valence-electron chi connectivity index (χ2n) is 8.91. The number of hydrogen-bond donors (Lipinski definition) is 1. The second kappa shape index (κ2) is 13.4. The lowest BCUT2D eigenvalue weighted by Gasteiger charge is -2.29. The summed E-state index contributed by atoms with van der Waals surface area (Å²) in [6.07, 6.45) is 5.11. The van der Waals surface area contributed by atoms with Gasteiger partial charge in [0.05, 0.1) is 18.1 Å². The van der Waals surface area contributed by atoms with Crippen LogP contribution in [0.5, 0.6) is 0 Å². The zero-order chi connectivity index (χ0) is 24.2. The van der Waals surface area contributed by atoms with E-state index >= 15 is 0 Å². The Balaban J connectivity index is 1.83. The predicted octanol–water partition coefficient (Wildman–Crippen LogP) is 6.61. The summed E-state index contributed by atoms with van der Waals surface area (Å²) in [6, 6.07) is 27.0. The summed E-state index contributed by atoms with van der Waals surface area (Å²) < 4.78 is 35.8. The number of ether oxygens (including phenoxy) is 1. The SMILES string of the molecule is CCCCCC[C@@H](NS(=O)(=O)c1ccc(C)cc1)[C@H](COCc1ccccc1)c1ccccc1. The van der Waals surface area contributed by atoms with Crippen molar-refractivity contribution in [3.8, 4) is 0 Å². The average molecular weight is 480 g/mol. The molecule has 0 saturated heterocycles. The largest absolute Gasteiger partial charge is 0.376 e. The minimum absolute atomic E-state index is 0.0910. The Labute approximate surface area is 205 Å². The highest BCUT2D eigenvalue weighted by atomic mass is 32.2. The third-order valence-electron chi connectivity index (χ3n) is 6.13. The van der Waals surface area contributed by atoms with E-state index in [4.69, 9.17) is 4.74 Å². The molecule has 0 amide bonds. The van der Waals surface area contributed by atoms with Crippen LogP contribution in [0.15, 0.2) is 89.8 Å². The second-order valence-corrected chi connectivity index (χ2v) is 10.6. The first-order valence-corrected chi connectivity index (χ1v) is 13.7. The number of aryl methyl sites for hydroxylation is 1. The van der Waals surface area contributed by atoms with Gasteiger partial charge in [0, 0.05) is 12.0 Å². The summed E-state index contributed by atoms with van der Waals surface area (Å²) in [5, 5.41) is 0. The molecule has 0 fully saturated rings. The lowest BCUT2D eigenvalue weighted by atomic mass is 9.89. The first kappa shape index (κ1) is 26.1. The van der Waals surface area contributed by atoms with Gasteiger partial charge in [0.1, 0.15) is 0 Å². The molecule has 0 saturated carbocycles. The van der Waals surface area contributed by atoms with Gasteiger partial charge in [0.25, 0.3) is 0 Å². The van der Waals surface area contributed by atoms with Gasteiger partial charge in [-0.15, -0.1) is 0 Å². The van der Waals surface area contributed by atoms with Crippen LogP contribution in [-0.2, 0) is 21.4 Å². The predicted molar refractivity (Wildman–Crippen MR) is 139 cm³/mol. The van der Waals surface area contributed by atoms with Crippen molar-refractivity contribution in [3.05, 3.63) is 102 Å². The Hall–Kier alpha value is -2.47. The van der Waals surface area contributed by atoms with Crippen LogP contribution in [0.4, 0.5) is 0 Å². The van der Waals surface area contributed by atoms with Crippen molar-refractivity contribution in [1.29, 1.82) is 0 Å². The molecule has 34 heavy (non-hydrogen) atoms. The molecule has 0 aliphatic rings. The molecule has 3 aromatic rings. The van der Waals surface area contributed by atoms with Crippen LogP contribution in [0.1, 0.15) is 61.6 Å². The monoisotopic (exact) mass is 479 g/mol. The first-order chi connectivity index (χ1) is 16.5. The van der Waals surface area contributed by atoms with E-state index < -0.39 is 10.0 Å². The molecule has 0 unspecified atom stereocenters. The third kappa shape index (κ3) is 8.08. The third-order valence-corrected chi connectivity index (χ3v) is 7.63. The number of hydrogen-bond acceptors (Lipinski definition) is 3. The number of benzene rings is 3. The van der Waals surface area contributed by atoms with Crippen molar-refractivity contribution in [3.63, 3.8) is 0 Å². The summed E-state index contributed by atoms with van der Waals surface area (Å²) in [7, 11) is -3.65. The lowest BCUT2D eigenvalue weighted by molar-refractivity contribution is 0.0976. The molecule has 3 rings (SSSR count). The molecule has 3 aromatic carbocycles. The Morgan fingerprint density at radius 1 is 0.824 bits per heavy atom. The van der Waals surface area contributed by atoms with Gasteiger partial charge < -0.3 is 4.74 Å². The number of rotatable bonds is 14. The van der Waals surface area contributed by atoms with Crippen molar-refractivity contribution < 1.29 is 13.2 Å². The minimum atomic E-state index is -3.65. The first-order valence-electron chi connectivity index (χ1n) is 12.2. The van der Waals surface area contributed by atoms with Crippen LogP contribution in [-0.4, -0.2) is 21.1 Å². The van der Waals surface area contributed by atoms with E-state index in [0.717, 1.165) is 48.8 Å². The van der Waals surface area contributed by atoms with Gasteiger partial charge in [0.2, 0.25) is 10.0 Å². The summed E-state index contributed by atoms with van der Waals surface area (Å²) in [5.74, 6) is -0.0910. The van der Waals surface area contributed by atoms with Crippen LogP contribution in [0.25, 0.3) is 0 Å². The van der Waals surface area contributed by atoms with Crippen LogP contribution in [0.2, 0.25) is 0 Å². The fourth-order valence-corrected chi connectivity index (χ4v) is 5.45. The molecule has 4 nitrogen and oxygen atoms in total. The number of nitrogens with one attached hydrogen (secondary N) is 1. The molecular formula is C29H37NO3S. The Bertz CT molecular complexity index is 1070. The van der Waals surface area contributed by atoms with Gasteiger partial charge >= 0.3 is 0 Å². The van der Waals surface area contributed by atoms with E-state index in [1.165, 1.54) is 0 Å². The molecule has 0 bridgehead atoms. The highest BCUT2D eigenvalue weighted by Gasteiger charge is 2.28. The normalized spacial score (nSPS) is 13.5. The van der Waals surface area contributed by atoms with Gasteiger partial charge in [-0.1, -0.05) is 111 Å². The van der Waals surface area contributed by atoms with E-state index in [0.29, 0.717) is 18.1 Å². The van der Waals surface area contributed by atoms with E-state index in [2.05, 4.69) is 23.8 Å². The van der Waals surface area contributed by atoms with Gasteiger partial charge in [-0.25, -0.2) is 13.1 Å². The maximum absolute atomic E-state index is 13.3. The van der Waals surface area contributed by atoms with Crippen molar-refractivity contribution in [1.82, 2.24) is 4.72 Å². The van der Waals surface area contributed by atoms with E-state index in [1.54, 1.807) is 12.1 Å². The Morgan fingerprint density at radius 2 is 1.47 bits per heavy atom. The highest BCUT2D eigenvalue weighted by molar-refractivity contribution is 7.89. The molecule has 0 spiro atoms. The van der Waals surface area contributed by atoms with Crippen LogP contribution in [0, 0.1) is 6.92 Å². The van der Waals surface area contributed by atoms with Crippen molar-refractivity contribution in [2.45, 2.75) is 69.4 Å². The molecule has 1 N–H and O–H groups in total. The minimum Gasteiger partial charge on any atom is -0.376 e. The van der Waals surface area contributed by atoms with E-state index in [-0.39, 0.29) is 12.0 Å². The molecule has 0 aliphatic heterocycles. The van der Waals surface area contributed by atoms with Crippen LogP contribution in [0.3, 0.4) is 0 Å². The highest BCUT2D eigenvalue weighted by Crippen LogP contribution is 2.26. The topological polar surface area (TPSA) is 55.4 Å². The molecule has 2 atom stereocenters. The number of unbranched alkanes of at least 4 members (excludes halogenated alkanes) is 3. The molecule has 182 valence electrons. The molecule has 5 heteroatoms. The van der Waals surface area contributed by atoms with Gasteiger partial charge in [-0.3, -0.25) is 0 Å². The quantitative estimate of drug-likeness (QED) is 0.265. The molecule has 0 aliphatic carbocycles. The Morgan fingerprint density at radius 3 is 2.12 bits per heavy atom. The Kier molecular flexibility index (Phi) is 10.3. The summed E-state index contributed by atoms with van der Waals surface area (Å²) in [5.41, 5.74) is 3.23. The van der Waals surface area contributed by atoms with Crippen molar-refractivity contribution >= 4 is 10.0 Å². The van der Waals surface area contributed by atoms with Gasteiger partial charge in [0.15, 0.2) is 0 Å². The smallest absolute Gasteiger partial charge is 0.240 e. The summed E-state index contributed by atoms with van der Waals surface area (Å²) >= 11 is 0. The maximum atomic E-state index is 13.3. The van der Waals surface area contributed by atoms with E-state index in [9.17, 15) is 8.42 Å². The van der Waals surface area contributed by atoms with Gasteiger partial charge in [-0.2, -0.15) is 0 Å². The fourth-order valence-electron chi connectivity index (χ4n) is 4.14. The lowest BCUT2D eigenvalue weighted by Crippen LogP contribution is -2.41. The molecule has 0 heterocycles. The van der Waals surface area contributed by atoms with Crippen molar-refractivity contribution in [2.24, 2.45) is 0 Å². The summed E-state index contributed by atoms with van der Waals surface area (Å²) in [4.78, 5) is 0.300. The zero-order valence-corrected chi connectivity index (χ0v) is 21.1. The zero-order valence-electron chi connectivity index (χ0n) is 20.3. The molecular weight excluding hydrogens is 442 g/mol. The van der Waals surface area contributed by atoms with Crippen LogP contribution < -0.4 is 4.72 Å². The molecule has 0 radical (unpaired) electrons. The standard InChI is InChI=1S/C29H37NO3S/c1-3-4-5-12-17-29(30-34(31,32)27-20-18-24(2)19-21-27)28(26-15-10-7-11-16-26)23-33-22-25-13-8-6-9-14-25/h6-11,13-16,18-21,28-30H,3-5,12,17,22-23H2,1-2H3/t28-,29-/m1/s1. The van der Waals surface area contributed by atoms with Gasteiger partial charge in [-0.05, 0) is 36.6 Å². The summed E-state index contributed by atoms with van der Waals surface area (Å²) in [6.45, 7) is 5.07. The number of sulfonamides is 1. The molecule has 0 aromatic heterocycles. The average Bonchev–Trinajstić information content (AvgIpc) is 2.85. The maximum Gasteiger partial charge on any atom is 0.240 e. The fraction of sp³-hybridized carbons (Fsp3) is 0.379. The van der Waals surface area contributed by atoms with Crippen LogP contribution >= 0.6 is 0 Å². The van der Waals surface area contributed by atoms with Crippen molar-refractivity contribution in [2.75, 3.05) is 6.61 Å².